The molecule has 2 rings (SSSR count). The molecule has 0 aliphatic heterocycles. The Bertz CT molecular complexity index is 391. The lowest BCUT2D eigenvalue weighted by molar-refractivity contribution is 1.78. The van der Waals surface area contributed by atoms with E-state index in [1.54, 1.807) is 0 Å². The molecule has 0 N–H and O–H groups in total. The molecule has 0 aliphatic rings. The summed E-state index contributed by atoms with van der Waals surface area (Å²) in [5.41, 5.74) is 0. The van der Waals surface area contributed by atoms with Crippen LogP contribution in [0.25, 0.3) is 0 Å². The van der Waals surface area contributed by atoms with Gasteiger partial charge in [0.05, 0.1) is 0 Å². The molecule has 0 nitrogen and oxygen atoms in total. The molecule has 0 saturated carbocycles. The van der Waals surface area contributed by atoms with E-state index in [2.05, 4.69) is 72.3 Å². The standard InChI is InChI=1S/C14H14P2/c1-3-7-13(8-4-1)15-11-12-16-14-9-5-2-6-10-14/h1-12,15-16H/b12-11+. The van der Waals surface area contributed by atoms with E-state index in [-0.39, 0.29) is 0 Å². The Morgan fingerprint density at radius 1 is 0.562 bits per heavy atom. The minimum atomic E-state index is 0.783. The Morgan fingerprint density at radius 3 is 1.31 bits per heavy atom. The molecular formula is C14H14P2. The van der Waals surface area contributed by atoms with Gasteiger partial charge in [-0.25, -0.2) is 0 Å². The lowest BCUT2D eigenvalue weighted by atomic mass is 10.4. The first-order valence-electron chi connectivity index (χ1n) is 5.23. The fourth-order valence-electron chi connectivity index (χ4n) is 1.34. The molecule has 0 fully saturated rings. The first-order chi connectivity index (χ1) is 7.95. The highest BCUT2D eigenvalue weighted by Gasteiger charge is 1.87. The first kappa shape index (κ1) is 11.5. The smallest absolute Gasteiger partial charge is 0.0232 e. The van der Waals surface area contributed by atoms with Gasteiger partial charge in [0, 0.05) is 0 Å². The topological polar surface area (TPSA) is 0 Å². The second-order valence-electron chi connectivity index (χ2n) is 3.35. The molecule has 2 heteroatoms. The molecule has 0 saturated heterocycles. The van der Waals surface area contributed by atoms with Crippen molar-refractivity contribution in [1.29, 1.82) is 0 Å². The van der Waals surface area contributed by atoms with E-state index in [0.717, 1.165) is 17.2 Å². The van der Waals surface area contributed by atoms with Crippen LogP contribution in [0.1, 0.15) is 0 Å². The zero-order valence-electron chi connectivity index (χ0n) is 8.93. The van der Waals surface area contributed by atoms with Gasteiger partial charge >= 0.3 is 0 Å². The SMILES string of the molecule is C(=C\Pc1ccccc1)/Pc1ccccc1. The summed E-state index contributed by atoms with van der Waals surface area (Å²) >= 11 is 0. The molecular weight excluding hydrogens is 230 g/mol. The molecule has 0 heterocycles. The Balaban J connectivity index is 1.83. The summed E-state index contributed by atoms with van der Waals surface area (Å²) in [6.45, 7) is 0. The molecule has 0 spiro atoms. The van der Waals surface area contributed by atoms with Crippen molar-refractivity contribution in [2.24, 2.45) is 0 Å². The van der Waals surface area contributed by atoms with Gasteiger partial charge in [0.2, 0.25) is 0 Å². The van der Waals surface area contributed by atoms with Crippen molar-refractivity contribution in [3.8, 4) is 0 Å². The molecule has 2 atom stereocenters. The minimum absolute atomic E-state index is 0.783. The zero-order valence-corrected chi connectivity index (χ0v) is 10.9. The molecule has 0 aliphatic carbocycles. The summed E-state index contributed by atoms with van der Waals surface area (Å²) in [6.07, 6.45) is 0. The number of hydrogen-bond acceptors (Lipinski definition) is 0. The predicted molar refractivity (Wildman–Crippen MR) is 77.9 cm³/mol. The van der Waals surface area contributed by atoms with Crippen molar-refractivity contribution in [2.45, 2.75) is 0 Å². The largest absolute Gasteiger partial charge is 0.0669 e. The summed E-state index contributed by atoms with van der Waals surface area (Å²) < 4.78 is 0. The summed E-state index contributed by atoms with van der Waals surface area (Å²) in [5.74, 6) is 4.56. The fourth-order valence-corrected chi connectivity index (χ4v) is 3.17. The van der Waals surface area contributed by atoms with Gasteiger partial charge in [0.25, 0.3) is 0 Å². The van der Waals surface area contributed by atoms with Gasteiger partial charge < -0.3 is 0 Å². The van der Waals surface area contributed by atoms with Crippen molar-refractivity contribution in [2.75, 3.05) is 0 Å². The zero-order chi connectivity index (χ0) is 11.1. The van der Waals surface area contributed by atoms with Crippen LogP contribution in [0.4, 0.5) is 0 Å². The molecule has 0 aromatic heterocycles. The normalized spacial score (nSPS) is 12.2. The summed E-state index contributed by atoms with van der Waals surface area (Å²) in [4.78, 5) is 0. The summed E-state index contributed by atoms with van der Waals surface area (Å²) in [5, 5.41) is 2.80. The fraction of sp³-hybridized carbons (Fsp3) is 0. The molecule has 0 amide bonds. The second-order valence-corrected chi connectivity index (χ2v) is 5.75. The Labute approximate surface area is 100 Å². The van der Waals surface area contributed by atoms with Gasteiger partial charge in [0.1, 0.15) is 0 Å². The number of benzene rings is 2. The molecule has 80 valence electrons. The number of hydrogen-bond donors (Lipinski definition) is 0. The maximum Gasteiger partial charge on any atom is -0.0232 e. The van der Waals surface area contributed by atoms with Crippen LogP contribution >= 0.6 is 17.2 Å². The van der Waals surface area contributed by atoms with Crippen LogP contribution in [-0.4, -0.2) is 0 Å². The maximum absolute atomic E-state index is 2.28. The van der Waals surface area contributed by atoms with Gasteiger partial charge in [-0.3, -0.25) is 0 Å². The van der Waals surface area contributed by atoms with E-state index < -0.39 is 0 Å². The Kier molecular flexibility index (Phi) is 4.74. The van der Waals surface area contributed by atoms with E-state index in [1.807, 2.05) is 0 Å². The third kappa shape index (κ3) is 3.89. The molecule has 2 unspecified atom stereocenters. The van der Waals surface area contributed by atoms with Gasteiger partial charge in [0.15, 0.2) is 0 Å². The minimum Gasteiger partial charge on any atom is -0.0669 e. The molecule has 0 bridgehead atoms. The predicted octanol–water partition coefficient (Wildman–Crippen LogP) is 3.47. The second kappa shape index (κ2) is 6.59. The van der Waals surface area contributed by atoms with Gasteiger partial charge in [-0.2, -0.15) is 0 Å². The highest BCUT2D eigenvalue weighted by molar-refractivity contribution is 7.54. The number of rotatable bonds is 4. The van der Waals surface area contributed by atoms with Gasteiger partial charge in [-0.15, -0.1) is 0 Å². The van der Waals surface area contributed by atoms with Crippen molar-refractivity contribution in [3.63, 3.8) is 0 Å². The van der Waals surface area contributed by atoms with Crippen LogP contribution in [0.3, 0.4) is 0 Å². The average Bonchev–Trinajstić information content (AvgIpc) is 2.37. The average molecular weight is 244 g/mol. The van der Waals surface area contributed by atoms with E-state index >= 15 is 0 Å². The molecule has 16 heavy (non-hydrogen) atoms. The van der Waals surface area contributed by atoms with Crippen LogP contribution in [0.5, 0.6) is 0 Å². The summed E-state index contributed by atoms with van der Waals surface area (Å²) in [6, 6.07) is 21.2. The van der Waals surface area contributed by atoms with Crippen LogP contribution in [0.2, 0.25) is 0 Å². The Morgan fingerprint density at radius 2 is 0.938 bits per heavy atom. The molecule has 0 radical (unpaired) electrons. The molecule has 2 aromatic rings. The van der Waals surface area contributed by atoms with Crippen LogP contribution in [0.15, 0.2) is 72.3 Å². The summed E-state index contributed by atoms with van der Waals surface area (Å²) in [7, 11) is 1.57. The quantitative estimate of drug-likeness (QED) is 0.722. The van der Waals surface area contributed by atoms with E-state index in [4.69, 9.17) is 0 Å². The monoisotopic (exact) mass is 244 g/mol. The first-order valence-corrected chi connectivity index (χ1v) is 7.39. The van der Waals surface area contributed by atoms with Crippen molar-refractivity contribution >= 4 is 27.8 Å². The third-order valence-electron chi connectivity index (χ3n) is 2.13. The maximum atomic E-state index is 2.28. The lowest BCUT2D eigenvalue weighted by Crippen LogP contribution is -1.89. The third-order valence-corrected chi connectivity index (χ3v) is 4.46. The van der Waals surface area contributed by atoms with Crippen LogP contribution in [-0.2, 0) is 0 Å². The van der Waals surface area contributed by atoms with E-state index in [9.17, 15) is 0 Å². The molecule has 2 aromatic carbocycles. The van der Waals surface area contributed by atoms with Crippen molar-refractivity contribution in [1.82, 2.24) is 0 Å². The van der Waals surface area contributed by atoms with Crippen LogP contribution < -0.4 is 10.6 Å². The van der Waals surface area contributed by atoms with Gasteiger partial charge in [-0.05, 0) is 10.6 Å². The highest BCUT2D eigenvalue weighted by Crippen LogP contribution is 2.18. The van der Waals surface area contributed by atoms with E-state index in [0.29, 0.717) is 0 Å². The van der Waals surface area contributed by atoms with E-state index in [1.165, 1.54) is 10.6 Å². The van der Waals surface area contributed by atoms with Crippen LogP contribution in [0, 0.1) is 0 Å². The van der Waals surface area contributed by atoms with Crippen molar-refractivity contribution in [3.05, 3.63) is 72.3 Å². The Hall–Kier alpha value is -0.960. The van der Waals surface area contributed by atoms with Gasteiger partial charge in [-0.1, -0.05) is 89.5 Å². The highest BCUT2D eigenvalue weighted by atomic mass is 31.1. The lowest BCUT2D eigenvalue weighted by Gasteiger charge is -1.96. The van der Waals surface area contributed by atoms with Crippen molar-refractivity contribution < 1.29 is 0 Å².